The maximum Gasteiger partial charge on any atom is 0.224 e. The first kappa shape index (κ1) is 14.8. The van der Waals surface area contributed by atoms with Crippen LogP contribution in [0.3, 0.4) is 0 Å². The van der Waals surface area contributed by atoms with Crippen molar-refractivity contribution in [3.05, 3.63) is 0 Å². The smallest absolute Gasteiger partial charge is 0.224 e. The minimum absolute atomic E-state index is 0.0303. The molecule has 1 amide bonds. The van der Waals surface area contributed by atoms with Crippen LogP contribution in [0, 0.1) is 5.92 Å². The second-order valence-electron chi connectivity index (χ2n) is 5.65. The first-order valence-corrected chi connectivity index (χ1v) is 9.09. The Hall–Kier alpha value is -0.620. The average Bonchev–Trinajstić information content (AvgIpc) is 2.59. The lowest BCUT2D eigenvalue weighted by molar-refractivity contribution is -0.124. The van der Waals surface area contributed by atoms with Crippen LogP contribution in [0.1, 0.15) is 32.1 Å². The van der Waals surface area contributed by atoms with Crippen LogP contribution in [0.4, 0.5) is 0 Å². The van der Waals surface area contributed by atoms with Crippen molar-refractivity contribution in [2.45, 2.75) is 32.1 Å². The third kappa shape index (κ3) is 4.76. The number of sulfone groups is 1. The summed E-state index contributed by atoms with van der Waals surface area (Å²) in [4.78, 5) is 14.2. The van der Waals surface area contributed by atoms with E-state index in [1.54, 1.807) is 0 Å². The van der Waals surface area contributed by atoms with E-state index in [0.717, 1.165) is 19.6 Å². The summed E-state index contributed by atoms with van der Waals surface area (Å²) in [5.41, 5.74) is 0. The standard InChI is InChI=1S/C13H24N2O3S/c16-13(12-5-10-19(17,18)11-12)14-6-9-15-7-3-1-2-4-8-15/h12H,1-11H2,(H,14,16)/t12-/m1/s1. The molecule has 0 unspecified atom stereocenters. The quantitative estimate of drug-likeness (QED) is 0.814. The number of likely N-dealkylation sites (tertiary alicyclic amines) is 1. The Morgan fingerprint density at radius 2 is 1.84 bits per heavy atom. The molecule has 2 aliphatic heterocycles. The van der Waals surface area contributed by atoms with Crippen molar-refractivity contribution in [1.29, 1.82) is 0 Å². The molecule has 0 aromatic rings. The van der Waals surface area contributed by atoms with Gasteiger partial charge in [-0.3, -0.25) is 4.79 Å². The Morgan fingerprint density at radius 1 is 1.16 bits per heavy atom. The van der Waals surface area contributed by atoms with Crippen molar-refractivity contribution in [2.75, 3.05) is 37.7 Å². The molecule has 0 spiro atoms. The summed E-state index contributed by atoms with van der Waals surface area (Å²) < 4.78 is 22.6. The highest BCUT2D eigenvalue weighted by atomic mass is 32.2. The zero-order chi connectivity index (χ0) is 13.7. The summed E-state index contributed by atoms with van der Waals surface area (Å²) in [6, 6.07) is 0. The van der Waals surface area contributed by atoms with E-state index in [-0.39, 0.29) is 23.3 Å². The van der Waals surface area contributed by atoms with E-state index in [4.69, 9.17) is 0 Å². The Balaban J connectivity index is 1.66. The lowest BCUT2D eigenvalue weighted by atomic mass is 10.1. The molecule has 2 rings (SSSR count). The van der Waals surface area contributed by atoms with Crippen molar-refractivity contribution in [1.82, 2.24) is 10.2 Å². The zero-order valence-electron chi connectivity index (χ0n) is 11.4. The van der Waals surface area contributed by atoms with E-state index in [1.807, 2.05) is 0 Å². The summed E-state index contributed by atoms with van der Waals surface area (Å²) >= 11 is 0. The monoisotopic (exact) mass is 288 g/mol. The highest BCUT2D eigenvalue weighted by Crippen LogP contribution is 2.18. The predicted octanol–water partition coefficient (Wildman–Crippen LogP) is 0.413. The SMILES string of the molecule is O=C(NCCN1CCCCCC1)[C@@H]1CCS(=O)(=O)C1. The van der Waals surface area contributed by atoms with Gasteiger partial charge in [0.05, 0.1) is 17.4 Å². The van der Waals surface area contributed by atoms with Crippen molar-refractivity contribution in [3.8, 4) is 0 Å². The van der Waals surface area contributed by atoms with Crippen molar-refractivity contribution in [2.24, 2.45) is 5.92 Å². The number of nitrogens with zero attached hydrogens (tertiary/aromatic N) is 1. The zero-order valence-corrected chi connectivity index (χ0v) is 12.3. The molecular formula is C13H24N2O3S. The Bertz CT molecular complexity index is 400. The van der Waals surface area contributed by atoms with Gasteiger partial charge in [0.25, 0.3) is 0 Å². The first-order chi connectivity index (χ1) is 9.07. The summed E-state index contributed by atoms with van der Waals surface area (Å²) in [6.45, 7) is 3.75. The summed E-state index contributed by atoms with van der Waals surface area (Å²) in [7, 11) is -2.96. The number of rotatable bonds is 4. The van der Waals surface area contributed by atoms with Gasteiger partial charge in [0.15, 0.2) is 9.84 Å². The Kier molecular flexibility index (Phi) is 5.21. The van der Waals surface area contributed by atoms with E-state index in [9.17, 15) is 13.2 Å². The fourth-order valence-electron chi connectivity index (χ4n) is 2.84. The molecule has 2 heterocycles. The van der Waals surface area contributed by atoms with Crippen LogP contribution in [-0.2, 0) is 14.6 Å². The third-order valence-electron chi connectivity index (χ3n) is 4.03. The topological polar surface area (TPSA) is 66.5 Å². The molecule has 19 heavy (non-hydrogen) atoms. The number of hydrogen-bond donors (Lipinski definition) is 1. The molecule has 1 atom stereocenters. The molecule has 0 saturated carbocycles. The van der Waals surface area contributed by atoms with Crippen molar-refractivity contribution in [3.63, 3.8) is 0 Å². The normalized spacial score (nSPS) is 27.9. The number of nitrogens with one attached hydrogen (secondary N) is 1. The van der Waals surface area contributed by atoms with E-state index >= 15 is 0 Å². The highest BCUT2D eigenvalue weighted by Gasteiger charge is 2.32. The fourth-order valence-corrected chi connectivity index (χ4v) is 4.58. The predicted molar refractivity (Wildman–Crippen MR) is 74.7 cm³/mol. The van der Waals surface area contributed by atoms with Gasteiger partial charge in [-0.15, -0.1) is 0 Å². The second-order valence-corrected chi connectivity index (χ2v) is 7.88. The summed E-state index contributed by atoms with van der Waals surface area (Å²) in [5, 5.41) is 2.89. The fraction of sp³-hybridized carbons (Fsp3) is 0.923. The Labute approximate surface area is 115 Å². The van der Waals surface area contributed by atoms with E-state index in [1.165, 1.54) is 25.7 Å². The largest absolute Gasteiger partial charge is 0.355 e. The van der Waals surface area contributed by atoms with Gasteiger partial charge in [-0.1, -0.05) is 12.8 Å². The van der Waals surface area contributed by atoms with Gasteiger partial charge in [-0.05, 0) is 32.4 Å². The van der Waals surface area contributed by atoms with Gasteiger partial charge in [0, 0.05) is 13.1 Å². The summed E-state index contributed by atoms with van der Waals surface area (Å²) in [6.07, 6.45) is 5.59. The maximum atomic E-state index is 11.8. The lowest BCUT2D eigenvalue weighted by Gasteiger charge is -2.20. The molecule has 1 N–H and O–H groups in total. The van der Waals surface area contributed by atoms with Crippen LogP contribution >= 0.6 is 0 Å². The number of carbonyl (C=O) groups is 1. The third-order valence-corrected chi connectivity index (χ3v) is 5.80. The number of carbonyl (C=O) groups excluding carboxylic acids is 1. The van der Waals surface area contributed by atoms with Gasteiger partial charge < -0.3 is 10.2 Å². The molecule has 0 aliphatic carbocycles. The molecule has 2 aliphatic rings. The molecular weight excluding hydrogens is 264 g/mol. The van der Waals surface area contributed by atoms with Gasteiger partial charge in [0.1, 0.15) is 0 Å². The molecule has 110 valence electrons. The lowest BCUT2D eigenvalue weighted by Crippen LogP contribution is -2.38. The molecule has 2 saturated heterocycles. The van der Waals surface area contributed by atoms with Crippen molar-refractivity contribution < 1.29 is 13.2 Å². The summed E-state index contributed by atoms with van der Waals surface area (Å²) in [5.74, 6) is -0.218. The van der Waals surface area contributed by atoms with Crippen LogP contribution in [0.15, 0.2) is 0 Å². The van der Waals surface area contributed by atoms with Crippen LogP contribution in [0.5, 0.6) is 0 Å². The van der Waals surface area contributed by atoms with Gasteiger partial charge in [-0.25, -0.2) is 8.42 Å². The molecule has 0 aromatic heterocycles. The van der Waals surface area contributed by atoms with Crippen LogP contribution in [0.25, 0.3) is 0 Å². The number of hydrogen-bond acceptors (Lipinski definition) is 4. The minimum atomic E-state index is -2.96. The molecule has 2 fully saturated rings. The molecule has 0 radical (unpaired) electrons. The van der Waals surface area contributed by atoms with E-state index in [2.05, 4.69) is 10.2 Å². The van der Waals surface area contributed by atoms with Gasteiger partial charge in [-0.2, -0.15) is 0 Å². The van der Waals surface area contributed by atoms with Crippen LogP contribution < -0.4 is 5.32 Å². The highest BCUT2D eigenvalue weighted by molar-refractivity contribution is 7.91. The molecule has 5 nitrogen and oxygen atoms in total. The molecule has 6 heteroatoms. The molecule has 0 aromatic carbocycles. The van der Waals surface area contributed by atoms with E-state index < -0.39 is 9.84 Å². The van der Waals surface area contributed by atoms with Crippen LogP contribution in [-0.4, -0.2) is 56.9 Å². The number of amides is 1. The molecule has 0 bridgehead atoms. The Morgan fingerprint density at radius 3 is 2.42 bits per heavy atom. The first-order valence-electron chi connectivity index (χ1n) is 7.27. The van der Waals surface area contributed by atoms with Gasteiger partial charge in [0.2, 0.25) is 5.91 Å². The second kappa shape index (κ2) is 6.70. The van der Waals surface area contributed by atoms with Gasteiger partial charge >= 0.3 is 0 Å². The minimum Gasteiger partial charge on any atom is -0.355 e. The maximum absolute atomic E-state index is 11.8. The average molecular weight is 288 g/mol. The van der Waals surface area contributed by atoms with E-state index in [0.29, 0.717) is 13.0 Å². The van der Waals surface area contributed by atoms with Crippen molar-refractivity contribution >= 4 is 15.7 Å². The van der Waals surface area contributed by atoms with Crippen LogP contribution in [0.2, 0.25) is 0 Å².